The van der Waals surface area contributed by atoms with Gasteiger partial charge in [0.1, 0.15) is 11.6 Å². The molecule has 0 fully saturated rings. The van der Waals surface area contributed by atoms with Crippen LogP contribution in [0.1, 0.15) is 0 Å². The third-order valence-corrected chi connectivity index (χ3v) is 3.06. The highest BCUT2D eigenvalue weighted by Crippen LogP contribution is 2.22. The first-order valence-corrected chi connectivity index (χ1v) is 6.59. The number of hydrogen-bond acceptors (Lipinski definition) is 3. The van der Waals surface area contributed by atoms with Crippen LogP contribution >= 0.6 is 11.6 Å². The van der Waals surface area contributed by atoms with E-state index in [1.165, 1.54) is 18.2 Å². The topological polar surface area (TPSA) is 50.4 Å². The van der Waals surface area contributed by atoms with E-state index in [0.717, 1.165) is 0 Å². The molecule has 2 aromatic rings. The Morgan fingerprint density at radius 2 is 1.95 bits per heavy atom. The maximum absolute atomic E-state index is 12.9. The van der Waals surface area contributed by atoms with E-state index in [1.807, 2.05) is 0 Å². The number of carbonyl (C=O) groups excluding carboxylic acids is 1. The van der Waals surface area contributed by atoms with E-state index in [4.69, 9.17) is 16.3 Å². The van der Waals surface area contributed by atoms with E-state index in [9.17, 15) is 9.18 Å². The predicted octanol–water partition coefficient (Wildman–Crippen LogP) is 3.54. The van der Waals surface area contributed by atoms with Crippen molar-refractivity contribution in [3.05, 3.63) is 53.3 Å². The summed E-state index contributed by atoms with van der Waals surface area (Å²) >= 11 is 5.86. The van der Waals surface area contributed by atoms with E-state index in [0.29, 0.717) is 17.1 Å². The standard InChI is InChI=1S/C15H14ClFN2O2/c1-21-12-5-3-11(4-6-12)19-15(20)9-18-14-7-2-10(17)8-13(14)16/h2-8,18H,9H2,1H3,(H,19,20). The summed E-state index contributed by atoms with van der Waals surface area (Å²) in [5.41, 5.74) is 1.16. The number of ether oxygens (including phenoxy) is 1. The molecule has 0 spiro atoms. The minimum Gasteiger partial charge on any atom is -0.497 e. The predicted molar refractivity (Wildman–Crippen MR) is 81.5 cm³/mol. The monoisotopic (exact) mass is 308 g/mol. The zero-order valence-electron chi connectivity index (χ0n) is 11.3. The van der Waals surface area contributed by atoms with Crippen LogP contribution in [-0.4, -0.2) is 19.6 Å². The Labute approximate surface area is 126 Å². The van der Waals surface area contributed by atoms with Crippen molar-refractivity contribution in [1.82, 2.24) is 0 Å². The van der Waals surface area contributed by atoms with Crippen molar-refractivity contribution in [3.8, 4) is 5.75 Å². The third kappa shape index (κ3) is 4.36. The molecule has 0 bridgehead atoms. The molecule has 110 valence electrons. The highest BCUT2D eigenvalue weighted by molar-refractivity contribution is 6.33. The number of anilines is 2. The number of carbonyl (C=O) groups is 1. The van der Waals surface area contributed by atoms with E-state index in [-0.39, 0.29) is 17.5 Å². The largest absolute Gasteiger partial charge is 0.497 e. The lowest BCUT2D eigenvalue weighted by molar-refractivity contribution is -0.114. The summed E-state index contributed by atoms with van der Waals surface area (Å²) in [4.78, 5) is 11.8. The second-order valence-corrected chi connectivity index (χ2v) is 4.66. The molecule has 0 aliphatic heterocycles. The van der Waals surface area contributed by atoms with Gasteiger partial charge in [-0.05, 0) is 42.5 Å². The molecule has 0 saturated carbocycles. The maximum atomic E-state index is 12.9. The molecule has 2 rings (SSSR count). The van der Waals surface area contributed by atoms with Gasteiger partial charge in [0.2, 0.25) is 5.91 Å². The van der Waals surface area contributed by atoms with Crippen molar-refractivity contribution in [3.63, 3.8) is 0 Å². The molecular formula is C15H14ClFN2O2. The molecule has 0 aliphatic rings. The number of hydrogen-bond donors (Lipinski definition) is 2. The first-order valence-electron chi connectivity index (χ1n) is 6.21. The van der Waals surface area contributed by atoms with E-state index < -0.39 is 5.82 Å². The van der Waals surface area contributed by atoms with Gasteiger partial charge in [0.05, 0.1) is 24.4 Å². The van der Waals surface area contributed by atoms with Gasteiger partial charge in [-0.15, -0.1) is 0 Å². The van der Waals surface area contributed by atoms with Crippen LogP contribution in [0.15, 0.2) is 42.5 Å². The quantitative estimate of drug-likeness (QED) is 0.888. The fourth-order valence-electron chi connectivity index (χ4n) is 1.69. The minimum atomic E-state index is -0.423. The molecular weight excluding hydrogens is 295 g/mol. The number of rotatable bonds is 5. The van der Waals surface area contributed by atoms with Gasteiger partial charge >= 0.3 is 0 Å². The number of methoxy groups -OCH3 is 1. The minimum absolute atomic E-state index is 0.0252. The molecule has 0 saturated heterocycles. The highest BCUT2D eigenvalue weighted by atomic mass is 35.5. The number of halogens is 2. The van der Waals surface area contributed by atoms with Crippen molar-refractivity contribution in [2.75, 3.05) is 24.3 Å². The van der Waals surface area contributed by atoms with Crippen LogP contribution in [0.4, 0.5) is 15.8 Å². The molecule has 6 heteroatoms. The second-order valence-electron chi connectivity index (χ2n) is 4.25. The number of nitrogens with one attached hydrogen (secondary N) is 2. The lowest BCUT2D eigenvalue weighted by Crippen LogP contribution is -2.21. The summed E-state index contributed by atoms with van der Waals surface area (Å²) in [5.74, 6) is 0.0537. The molecule has 0 unspecified atom stereocenters. The van der Waals surface area contributed by atoms with Crippen LogP contribution in [0, 0.1) is 5.82 Å². The Kier molecular flexibility index (Phi) is 5.00. The number of benzene rings is 2. The van der Waals surface area contributed by atoms with E-state index >= 15 is 0 Å². The molecule has 2 aromatic carbocycles. The lowest BCUT2D eigenvalue weighted by atomic mass is 10.3. The van der Waals surface area contributed by atoms with Crippen molar-refractivity contribution >= 4 is 28.9 Å². The first kappa shape index (κ1) is 15.1. The Balaban J connectivity index is 1.89. The van der Waals surface area contributed by atoms with Gasteiger partial charge in [0, 0.05) is 5.69 Å². The highest BCUT2D eigenvalue weighted by Gasteiger charge is 2.05. The molecule has 1 amide bonds. The van der Waals surface area contributed by atoms with Crippen LogP contribution in [0.2, 0.25) is 5.02 Å². The molecule has 4 nitrogen and oxygen atoms in total. The SMILES string of the molecule is COc1ccc(NC(=O)CNc2ccc(F)cc2Cl)cc1. The summed E-state index contributed by atoms with van der Waals surface area (Å²) in [5, 5.41) is 5.80. The van der Waals surface area contributed by atoms with E-state index in [2.05, 4.69) is 10.6 Å². The summed E-state index contributed by atoms with van der Waals surface area (Å²) in [6, 6.07) is 10.9. The average Bonchev–Trinajstić information content (AvgIpc) is 2.47. The Hall–Kier alpha value is -2.27. The fourth-order valence-corrected chi connectivity index (χ4v) is 1.92. The summed E-state index contributed by atoms with van der Waals surface area (Å²) in [6.45, 7) is 0.0252. The van der Waals surface area contributed by atoms with Crippen LogP contribution in [0.5, 0.6) is 5.75 Å². The summed E-state index contributed by atoms with van der Waals surface area (Å²) < 4.78 is 17.9. The van der Waals surface area contributed by atoms with Crippen LogP contribution < -0.4 is 15.4 Å². The second kappa shape index (κ2) is 6.95. The van der Waals surface area contributed by atoms with E-state index in [1.54, 1.807) is 31.4 Å². The zero-order valence-corrected chi connectivity index (χ0v) is 12.1. The van der Waals surface area contributed by atoms with Crippen molar-refractivity contribution in [2.45, 2.75) is 0 Å². The van der Waals surface area contributed by atoms with Crippen molar-refractivity contribution < 1.29 is 13.9 Å². The number of amides is 1. The van der Waals surface area contributed by atoms with Crippen LogP contribution in [-0.2, 0) is 4.79 Å². The van der Waals surface area contributed by atoms with Gasteiger partial charge in [0.15, 0.2) is 0 Å². The summed E-state index contributed by atoms with van der Waals surface area (Å²) in [7, 11) is 1.57. The fraction of sp³-hybridized carbons (Fsp3) is 0.133. The normalized spacial score (nSPS) is 10.0. The van der Waals surface area contributed by atoms with Gasteiger partial charge in [-0.25, -0.2) is 4.39 Å². The Morgan fingerprint density at radius 3 is 2.57 bits per heavy atom. The maximum Gasteiger partial charge on any atom is 0.243 e. The van der Waals surface area contributed by atoms with Crippen molar-refractivity contribution in [2.24, 2.45) is 0 Å². The van der Waals surface area contributed by atoms with Gasteiger partial charge in [-0.3, -0.25) is 4.79 Å². The Bertz CT molecular complexity index is 632. The van der Waals surface area contributed by atoms with Gasteiger partial charge in [-0.2, -0.15) is 0 Å². The van der Waals surface area contributed by atoms with Gasteiger partial charge < -0.3 is 15.4 Å². The molecule has 0 radical (unpaired) electrons. The molecule has 0 aromatic heterocycles. The Morgan fingerprint density at radius 1 is 1.24 bits per heavy atom. The average molecular weight is 309 g/mol. The first-order chi connectivity index (χ1) is 10.1. The van der Waals surface area contributed by atoms with Gasteiger partial charge in [-0.1, -0.05) is 11.6 Å². The smallest absolute Gasteiger partial charge is 0.243 e. The molecule has 2 N–H and O–H groups in total. The van der Waals surface area contributed by atoms with Crippen LogP contribution in [0.3, 0.4) is 0 Å². The molecule has 0 atom stereocenters. The van der Waals surface area contributed by atoms with Crippen LogP contribution in [0.25, 0.3) is 0 Å². The zero-order chi connectivity index (χ0) is 15.2. The van der Waals surface area contributed by atoms with Crippen molar-refractivity contribution in [1.29, 1.82) is 0 Å². The lowest BCUT2D eigenvalue weighted by Gasteiger charge is -2.09. The molecule has 0 heterocycles. The summed E-state index contributed by atoms with van der Waals surface area (Å²) in [6.07, 6.45) is 0. The molecule has 21 heavy (non-hydrogen) atoms. The van der Waals surface area contributed by atoms with Gasteiger partial charge in [0.25, 0.3) is 0 Å². The molecule has 0 aliphatic carbocycles. The third-order valence-electron chi connectivity index (χ3n) is 2.74.